The smallest absolute Gasteiger partial charge is 0.238 e. The molecule has 0 spiro atoms. The quantitative estimate of drug-likeness (QED) is 0.770. The highest BCUT2D eigenvalue weighted by molar-refractivity contribution is 8.01. The fourth-order valence-corrected chi connectivity index (χ4v) is 4.43. The number of thioether (sulfide) groups is 1. The van der Waals surface area contributed by atoms with Crippen molar-refractivity contribution in [2.45, 2.75) is 35.4 Å². The van der Waals surface area contributed by atoms with Crippen molar-refractivity contribution in [2.24, 2.45) is 0 Å². The number of nitrogens with zero attached hydrogens (tertiary/aromatic N) is 4. The second-order valence-electron chi connectivity index (χ2n) is 6.67. The first-order valence-electron chi connectivity index (χ1n) is 8.72. The molecule has 1 saturated carbocycles. The van der Waals surface area contributed by atoms with E-state index in [1.807, 2.05) is 41.1 Å². The topological polar surface area (TPSA) is 72.7 Å². The first-order valence-corrected chi connectivity index (χ1v) is 9.59. The van der Waals surface area contributed by atoms with Crippen molar-refractivity contribution in [3.05, 3.63) is 54.1 Å². The van der Waals surface area contributed by atoms with Crippen LogP contribution in [0.15, 0.2) is 53.4 Å². The van der Waals surface area contributed by atoms with Gasteiger partial charge >= 0.3 is 0 Å². The van der Waals surface area contributed by atoms with Crippen LogP contribution in [0.2, 0.25) is 0 Å². The molecule has 5 rings (SSSR count). The van der Waals surface area contributed by atoms with Crippen LogP contribution < -0.4 is 5.32 Å². The molecule has 1 N–H and O–H groups in total. The van der Waals surface area contributed by atoms with Gasteiger partial charge in [0.25, 0.3) is 0 Å². The molecule has 3 aromatic rings. The van der Waals surface area contributed by atoms with Crippen LogP contribution in [0.25, 0.3) is 11.4 Å². The molecule has 6 nitrogen and oxygen atoms in total. The van der Waals surface area contributed by atoms with Crippen LogP contribution in [0.5, 0.6) is 0 Å². The summed E-state index contributed by atoms with van der Waals surface area (Å²) in [6.07, 6.45) is 3.01. The van der Waals surface area contributed by atoms with E-state index in [0.29, 0.717) is 6.04 Å². The number of rotatable bonds is 4. The van der Waals surface area contributed by atoms with Gasteiger partial charge in [-0.25, -0.2) is 4.68 Å². The summed E-state index contributed by atoms with van der Waals surface area (Å²) in [6.45, 7) is 0. The zero-order chi connectivity index (χ0) is 17.5. The number of aromatic nitrogens is 4. The summed E-state index contributed by atoms with van der Waals surface area (Å²) in [5, 5.41) is 15.0. The second kappa shape index (κ2) is 6.25. The third-order valence-electron chi connectivity index (χ3n) is 4.71. The van der Waals surface area contributed by atoms with Crippen LogP contribution in [0.4, 0.5) is 5.69 Å². The summed E-state index contributed by atoms with van der Waals surface area (Å²) in [6, 6.07) is 16.3. The number of benzene rings is 2. The van der Waals surface area contributed by atoms with E-state index in [0.717, 1.165) is 36.3 Å². The number of tetrazole rings is 1. The van der Waals surface area contributed by atoms with E-state index in [1.54, 1.807) is 11.8 Å². The largest absolute Gasteiger partial charge is 0.325 e. The van der Waals surface area contributed by atoms with Gasteiger partial charge in [-0.3, -0.25) is 4.79 Å². The van der Waals surface area contributed by atoms with Crippen LogP contribution in [-0.2, 0) is 11.2 Å². The molecule has 130 valence electrons. The van der Waals surface area contributed by atoms with Crippen molar-refractivity contribution in [3.8, 4) is 11.4 Å². The maximum Gasteiger partial charge on any atom is 0.238 e. The monoisotopic (exact) mass is 363 g/mol. The van der Waals surface area contributed by atoms with E-state index in [2.05, 4.69) is 33.0 Å². The van der Waals surface area contributed by atoms with Crippen LogP contribution in [0, 0.1) is 0 Å². The molecule has 1 fully saturated rings. The molecule has 0 saturated heterocycles. The Bertz CT molecular complexity index is 956. The minimum Gasteiger partial charge on any atom is -0.325 e. The Balaban J connectivity index is 1.34. The molecule has 1 amide bonds. The van der Waals surface area contributed by atoms with Crippen molar-refractivity contribution in [2.75, 3.05) is 5.32 Å². The van der Waals surface area contributed by atoms with Gasteiger partial charge in [-0.2, -0.15) is 0 Å². The number of hydrogen-bond acceptors (Lipinski definition) is 5. The molecular formula is C19H17N5OS. The molecule has 1 atom stereocenters. The normalized spacial score (nSPS) is 18.5. The fourth-order valence-electron chi connectivity index (χ4n) is 3.24. The average molecular weight is 363 g/mol. The Morgan fingerprint density at radius 2 is 2.04 bits per heavy atom. The number of amides is 1. The summed E-state index contributed by atoms with van der Waals surface area (Å²) in [5.41, 5.74) is 2.94. The fraction of sp³-hybridized carbons (Fsp3) is 0.263. The molecule has 0 radical (unpaired) electrons. The first kappa shape index (κ1) is 15.6. The Kier molecular flexibility index (Phi) is 3.74. The average Bonchev–Trinajstić information content (AvgIpc) is 3.22. The molecule has 0 bridgehead atoms. The third kappa shape index (κ3) is 2.88. The van der Waals surface area contributed by atoms with Crippen molar-refractivity contribution >= 4 is 23.4 Å². The highest BCUT2D eigenvalue weighted by Crippen LogP contribution is 2.38. The Morgan fingerprint density at radius 3 is 2.88 bits per heavy atom. The Labute approximate surface area is 155 Å². The van der Waals surface area contributed by atoms with Crippen LogP contribution >= 0.6 is 11.8 Å². The molecule has 7 heteroatoms. The van der Waals surface area contributed by atoms with Gasteiger partial charge in [0.2, 0.25) is 5.91 Å². The zero-order valence-electron chi connectivity index (χ0n) is 14.0. The predicted octanol–water partition coefficient (Wildman–Crippen LogP) is 3.33. The van der Waals surface area contributed by atoms with Gasteiger partial charge < -0.3 is 5.32 Å². The molecule has 2 heterocycles. The summed E-state index contributed by atoms with van der Waals surface area (Å²) >= 11 is 1.63. The van der Waals surface area contributed by atoms with E-state index >= 15 is 0 Å². The van der Waals surface area contributed by atoms with Gasteiger partial charge in [-0.05, 0) is 53.5 Å². The minimum absolute atomic E-state index is 0.0325. The molecule has 1 unspecified atom stereocenters. The van der Waals surface area contributed by atoms with Crippen LogP contribution in [-0.4, -0.2) is 31.4 Å². The zero-order valence-corrected chi connectivity index (χ0v) is 14.8. The van der Waals surface area contributed by atoms with Gasteiger partial charge in [0, 0.05) is 16.1 Å². The number of hydrogen-bond donors (Lipinski definition) is 1. The summed E-state index contributed by atoms with van der Waals surface area (Å²) in [4.78, 5) is 13.9. The van der Waals surface area contributed by atoms with Gasteiger partial charge in [0.05, 0.1) is 11.3 Å². The van der Waals surface area contributed by atoms with Gasteiger partial charge in [0.15, 0.2) is 5.82 Å². The lowest BCUT2D eigenvalue weighted by atomic mass is 10.1. The number of anilines is 1. The van der Waals surface area contributed by atoms with E-state index in [4.69, 9.17) is 0 Å². The van der Waals surface area contributed by atoms with Crippen molar-refractivity contribution < 1.29 is 4.79 Å². The minimum atomic E-state index is -0.0900. The lowest BCUT2D eigenvalue weighted by Gasteiger charge is -2.11. The number of fused-ring (bicyclic) bond motifs is 1. The molecule has 1 aromatic heterocycles. The number of carbonyl (C=O) groups excluding carboxylic acids is 1. The Morgan fingerprint density at radius 1 is 1.15 bits per heavy atom. The van der Waals surface area contributed by atoms with E-state index in [1.165, 1.54) is 10.5 Å². The van der Waals surface area contributed by atoms with E-state index in [9.17, 15) is 4.79 Å². The third-order valence-corrected chi connectivity index (χ3v) is 6.03. The summed E-state index contributed by atoms with van der Waals surface area (Å²) < 4.78 is 1.88. The van der Waals surface area contributed by atoms with Gasteiger partial charge in [-0.15, -0.1) is 16.9 Å². The maximum absolute atomic E-state index is 12.7. The predicted molar refractivity (Wildman–Crippen MR) is 99.9 cm³/mol. The molecule has 2 aromatic carbocycles. The van der Waals surface area contributed by atoms with Crippen molar-refractivity contribution in [3.63, 3.8) is 0 Å². The maximum atomic E-state index is 12.7. The lowest BCUT2D eigenvalue weighted by molar-refractivity contribution is -0.115. The second-order valence-corrected chi connectivity index (χ2v) is 7.91. The van der Waals surface area contributed by atoms with Crippen LogP contribution in [0.3, 0.4) is 0 Å². The molecular weight excluding hydrogens is 346 g/mol. The van der Waals surface area contributed by atoms with Gasteiger partial charge in [-0.1, -0.05) is 30.3 Å². The summed E-state index contributed by atoms with van der Waals surface area (Å²) in [5.74, 6) is 0.788. The van der Waals surface area contributed by atoms with Crippen molar-refractivity contribution in [1.82, 2.24) is 20.2 Å². The van der Waals surface area contributed by atoms with E-state index in [-0.39, 0.29) is 11.2 Å². The molecule has 26 heavy (non-hydrogen) atoms. The SMILES string of the molecule is O=C(Nc1cccc(-c2nnnn2C2CC2)c1)C1Cc2ccccc2S1. The lowest BCUT2D eigenvalue weighted by Crippen LogP contribution is -2.24. The van der Waals surface area contributed by atoms with Crippen LogP contribution in [0.1, 0.15) is 24.4 Å². The Hall–Kier alpha value is -2.67. The number of carbonyl (C=O) groups is 1. The standard InChI is InChI=1S/C19H17N5OS/c25-19(17-11-12-4-1-2-7-16(12)26-17)20-14-6-3-5-13(10-14)18-21-22-23-24(18)15-8-9-15/h1-7,10,15,17H,8-9,11H2,(H,20,25). The first-order chi connectivity index (χ1) is 12.8. The number of nitrogens with one attached hydrogen (secondary N) is 1. The molecule has 1 aliphatic carbocycles. The summed E-state index contributed by atoms with van der Waals surface area (Å²) in [7, 11) is 0. The molecule has 2 aliphatic rings. The highest BCUT2D eigenvalue weighted by atomic mass is 32.2. The van der Waals surface area contributed by atoms with Gasteiger partial charge in [0.1, 0.15) is 0 Å². The van der Waals surface area contributed by atoms with E-state index < -0.39 is 0 Å². The van der Waals surface area contributed by atoms with Crippen molar-refractivity contribution in [1.29, 1.82) is 0 Å². The molecule has 1 aliphatic heterocycles. The highest BCUT2D eigenvalue weighted by Gasteiger charge is 2.29.